The molecule has 2 N–H and O–H groups in total. The zero-order valence-electron chi connectivity index (χ0n) is 19.0. The van der Waals surface area contributed by atoms with Gasteiger partial charge in [0.15, 0.2) is 14.4 Å². The van der Waals surface area contributed by atoms with Crippen LogP contribution in [-0.4, -0.2) is 55.3 Å². The zero-order chi connectivity index (χ0) is 24.6. The van der Waals surface area contributed by atoms with Crippen LogP contribution in [0.3, 0.4) is 0 Å². The maximum atomic E-state index is 13.5. The van der Waals surface area contributed by atoms with Gasteiger partial charge in [-0.1, -0.05) is 32.4 Å². The Hall–Kier alpha value is -1.80. The van der Waals surface area contributed by atoms with Crippen LogP contribution >= 0.6 is 11.6 Å². The minimum atomic E-state index is -4.92. The molecule has 1 heterocycles. The third-order valence-electron chi connectivity index (χ3n) is 6.32. The first-order valence-electron chi connectivity index (χ1n) is 10.2. The van der Waals surface area contributed by atoms with Crippen molar-refractivity contribution in [3.8, 4) is 6.07 Å². The van der Waals surface area contributed by atoms with Gasteiger partial charge in [0.05, 0.1) is 22.7 Å². The maximum Gasteiger partial charge on any atom is 0.416 e. The number of benzene rings is 1. The molecule has 1 aromatic rings. The van der Waals surface area contributed by atoms with Gasteiger partial charge in [-0.3, -0.25) is 0 Å². The number of aliphatic hydroxyl groups is 1. The minimum Gasteiger partial charge on any atom is -0.412 e. The molecule has 0 aliphatic carbocycles. The summed E-state index contributed by atoms with van der Waals surface area (Å²) in [6.07, 6.45) is -8.46. The Morgan fingerprint density at radius 1 is 1.38 bits per heavy atom. The quantitative estimate of drug-likeness (QED) is 0.549. The molecule has 2 amide bonds. The van der Waals surface area contributed by atoms with E-state index in [2.05, 4.69) is 5.32 Å². The highest BCUT2D eigenvalue weighted by Crippen LogP contribution is 2.41. The topological polar surface area (TPSA) is 85.6 Å². The molecule has 0 bridgehead atoms. The first kappa shape index (κ1) is 26.4. The number of rotatable bonds is 4. The standard InChI is InChI=1S/C21H29ClF3N3O3Si/c1-12-14(8-7-13(11-26)16(12)22)27-19(30)28-10-9-15(17(28)18(29)21(23,24)25)31-32(5,6)20(2,3)4/h7-8,15,17-18,29H,9-10H2,1-6H3,(H,27,30)/t15-,17+,18+/m1/s1. The van der Waals surface area contributed by atoms with Gasteiger partial charge in [-0.05, 0) is 49.2 Å². The Kier molecular flexibility index (Phi) is 7.61. The lowest BCUT2D eigenvalue weighted by Gasteiger charge is -2.41. The van der Waals surface area contributed by atoms with E-state index in [1.807, 2.05) is 39.9 Å². The molecule has 3 atom stereocenters. The van der Waals surface area contributed by atoms with Crippen LogP contribution in [-0.2, 0) is 4.43 Å². The van der Waals surface area contributed by atoms with E-state index in [0.717, 1.165) is 4.90 Å². The van der Waals surface area contributed by atoms with Crippen LogP contribution in [0.25, 0.3) is 0 Å². The van der Waals surface area contributed by atoms with E-state index in [1.54, 1.807) is 6.92 Å². The predicted molar refractivity (Wildman–Crippen MR) is 119 cm³/mol. The van der Waals surface area contributed by atoms with Gasteiger partial charge in [0, 0.05) is 12.2 Å². The first-order valence-corrected chi connectivity index (χ1v) is 13.5. The second kappa shape index (κ2) is 9.21. The van der Waals surface area contributed by atoms with Gasteiger partial charge in [-0.25, -0.2) is 4.79 Å². The summed E-state index contributed by atoms with van der Waals surface area (Å²) in [5.41, 5.74) is 0.907. The molecule has 11 heteroatoms. The summed E-state index contributed by atoms with van der Waals surface area (Å²) in [4.78, 5) is 13.9. The molecule has 32 heavy (non-hydrogen) atoms. The highest BCUT2D eigenvalue weighted by atomic mass is 35.5. The lowest BCUT2D eigenvalue weighted by molar-refractivity contribution is -0.222. The van der Waals surface area contributed by atoms with Crippen LogP contribution in [0.15, 0.2) is 12.1 Å². The van der Waals surface area contributed by atoms with E-state index in [-0.39, 0.29) is 34.3 Å². The van der Waals surface area contributed by atoms with Crippen molar-refractivity contribution in [2.45, 2.75) is 76.7 Å². The molecule has 6 nitrogen and oxygen atoms in total. The Labute approximate surface area is 192 Å². The van der Waals surface area contributed by atoms with Crippen LogP contribution in [0.1, 0.15) is 38.3 Å². The SMILES string of the molecule is Cc1c(NC(=O)N2CC[C@@H](O[Si](C)(C)C(C)(C)C)[C@H]2[C@H](O)C(F)(F)F)ccc(C#N)c1Cl. The van der Waals surface area contributed by atoms with Crippen LogP contribution in [0.2, 0.25) is 23.2 Å². The number of halogens is 4. The minimum absolute atomic E-state index is 0.00795. The molecule has 0 aromatic heterocycles. The van der Waals surface area contributed by atoms with Gasteiger partial charge < -0.3 is 19.7 Å². The van der Waals surface area contributed by atoms with Gasteiger partial charge in [0.1, 0.15) is 6.07 Å². The van der Waals surface area contributed by atoms with Crippen molar-refractivity contribution in [1.29, 1.82) is 5.26 Å². The van der Waals surface area contributed by atoms with E-state index >= 15 is 0 Å². The fourth-order valence-corrected chi connectivity index (χ4v) is 4.94. The number of carbonyl (C=O) groups excluding carboxylic acids is 1. The number of hydrogen-bond acceptors (Lipinski definition) is 4. The molecule has 0 radical (unpaired) electrons. The summed E-state index contributed by atoms with van der Waals surface area (Å²) in [6, 6.07) is 2.42. The number of anilines is 1. The van der Waals surface area contributed by atoms with Crippen LogP contribution in [0, 0.1) is 18.3 Å². The average Bonchev–Trinajstić information content (AvgIpc) is 3.06. The van der Waals surface area contributed by atoms with Gasteiger partial charge in [-0.15, -0.1) is 0 Å². The zero-order valence-corrected chi connectivity index (χ0v) is 20.7. The van der Waals surface area contributed by atoms with Crippen molar-refractivity contribution in [1.82, 2.24) is 4.90 Å². The Morgan fingerprint density at radius 3 is 2.47 bits per heavy atom. The van der Waals surface area contributed by atoms with E-state index in [0.29, 0.717) is 5.56 Å². The van der Waals surface area contributed by atoms with Gasteiger partial charge >= 0.3 is 12.2 Å². The van der Waals surface area contributed by atoms with Gasteiger partial charge in [-0.2, -0.15) is 18.4 Å². The Bertz CT molecular complexity index is 913. The molecule has 178 valence electrons. The summed E-state index contributed by atoms with van der Waals surface area (Å²) in [6.45, 7) is 11.3. The molecular formula is C21H29ClF3N3O3Si. The summed E-state index contributed by atoms with van der Waals surface area (Å²) in [5, 5.41) is 21.7. The summed E-state index contributed by atoms with van der Waals surface area (Å²) >= 11 is 6.13. The number of amides is 2. The summed E-state index contributed by atoms with van der Waals surface area (Å²) in [7, 11) is -2.47. The monoisotopic (exact) mass is 491 g/mol. The fourth-order valence-electron chi connectivity index (χ4n) is 3.37. The van der Waals surface area contributed by atoms with Crippen LogP contribution in [0.4, 0.5) is 23.7 Å². The fraction of sp³-hybridized carbons (Fsp3) is 0.619. The summed E-state index contributed by atoms with van der Waals surface area (Å²) < 4.78 is 46.7. The van der Waals surface area contributed by atoms with E-state index in [1.165, 1.54) is 12.1 Å². The highest BCUT2D eigenvalue weighted by molar-refractivity contribution is 6.74. The van der Waals surface area contributed by atoms with Crippen molar-refractivity contribution in [2.75, 3.05) is 11.9 Å². The number of urea groups is 1. The lowest BCUT2D eigenvalue weighted by atomic mass is 10.1. The Balaban J connectivity index is 2.34. The molecule has 1 saturated heterocycles. The number of nitriles is 1. The van der Waals surface area contributed by atoms with Crippen molar-refractivity contribution in [3.05, 3.63) is 28.3 Å². The predicted octanol–water partition coefficient (Wildman–Crippen LogP) is 5.44. The molecule has 2 rings (SSSR count). The van der Waals surface area contributed by atoms with Crippen molar-refractivity contribution < 1.29 is 27.5 Å². The average molecular weight is 492 g/mol. The van der Waals surface area contributed by atoms with E-state index in [4.69, 9.17) is 21.3 Å². The van der Waals surface area contributed by atoms with E-state index in [9.17, 15) is 23.1 Å². The first-order chi connectivity index (χ1) is 14.5. The van der Waals surface area contributed by atoms with Gasteiger partial charge in [0.25, 0.3) is 0 Å². The van der Waals surface area contributed by atoms with Gasteiger partial charge in [0.2, 0.25) is 0 Å². The lowest BCUT2D eigenvalue weighted by Crippen LogP contribution is -2.57. The van der Waals surface area contributed by atoms with Crippen molar-refractivity contribution >= 4 is 31.6 Å². The normalized spacial score (nSPS) is 20.8. The maximum absolute atomic E-state index is 13.5. The number of nitrogens with one attached hydrogen (secondary N) is 1. The van der Waals surface area contributed by atoms with Crippen molar-refractivity contribution in [2.24, 2.45) is 0 Å². The number of nitrogens with zero attached hydrogens (tertiary/aromatic N) is 2. The molecular weight excluding hydrogens is 463 g/mol. The Morgan fingerprint density at radius 2 is 1.97 bits per heavy atom. The number of alkyl halides is 3. The highest BCUT2D eigenvalue weighted by Gasteiger charge is 2.54. The van der Waals surface area contributed by atoms with Crippen LogP contribution in [0.5, 0.6) is 0 Å². The molecule has 1 aliphatic heterocycles. The largest absolute Gasteiger partial charge is 0.416 e. The second-order valence-corrected chi connectivity index (χ2v) is 14.7. The number of aliphatic hydroxyl groups excluding tert-OH is 1. The molecule has 1 fully saturated rings. The summed E-state index contributed by atoms with van der Waals surface area (Å²) in [5.74, 6) is 0. The number of likely N-dealkylation sites (tertiary alicyclic amines) is 1. The molecule has 0 spiro atoms. The van der Waals surface area contributed by atoms with Crippen LogP contribution < -0.4 is 5.32 Å². The molecule has 1 aromatic carbocycles. The molecule has 1 aliphatic rings. The third kappa shape index (κ3) is 5.39. The smallest absolute Gasteiger partial charge is 0.412 e. The number of hydrogen-bond donors (Lipinski definition) is 2. The molecule has 0 unspecified atom stereocenters. The van der Waals surface area contributed by atoms with Crippen molar-refractivity contribution in [3.63, 3.8) is 0 Å². The molecule has 0 saturated carbocycles. The number of carbonyl (C=O) groups is 1. The van der Waals surface area contributed by atoms with E-state index < -0.39 is 38.8 Å². The second-order valence-electron chi connectivity index (χ2n) is 9.52. The third-order valence-corrected chi connectivity index (χ3v) is 11.3.